The highest BCUT2D eigenvalue weighted by Crippen LogP contribution is 2.33. The number of fused-ring (bicyclic) bond motifs is 1. The average molecular weight is 318 g/mol. The molecule has 1 aliphatic heterocycles. The lowest BCUT2D eigenvalue weighted by molar-refractivity contribution is -0.119. The highest BCUT2D eigenvalue weighted by atomic mass is 16.5. The minimum absolute atomic E-state index is 0.0987. The first kappa shape index (κ1) is 16.3. The Labute approximate surface area is 137 Å². The normalized spacial score (nSPS) is 18.7. The smallest absolute Gasteiger partial charge is 0.241 e. The van der Waals surface area contributed by atoms with Crippen molar-refractivity contribution in [3.8, 4) is 5.75 Å². The van der Waals surface area contributed by atoms with Gasteiger partial charge in [-0.2, -0.15) is 0 Å². The van der Waals surface area contributed by atoms with Gasteiger partial charge in [-0.3, -0.25) is 9.69 Å². The highest BCUT2D eigenvalue weighted by Gasteiger charge is 2.31. The summed E-state index contributed by atoms with van der Waals surface area (Å²) < 4.78 is 5.27. The molecule has 5 nitrogen and oxygen atoms in total. The van der Waals surface area contributed by atoms with Crippen LogP contribution in [0.4, 0.5) is 5.69 Å². The van der Waals surface area contributed by atoms with E-state index >= 15 is 0 Å². The Kier molecular flexibility index (Phi) is 4.87. The Bertz CT molecular complexity index is 571. The van der Waals surface area contributed by atoms with E-state index in [4.69, 9.17) is 4.74 Å². The zero-order valence-electron chi connectivity index (χ0n) is 14.0. The summed E-state index contributed by atoms with van der Waals surface area (Å²) >= 11 is 0. The van der Waals surface area contributed by atoms with Crippen LogP contribution < -0.4 is 9.64 Å². The van der Waals surface area contributed by atoms with Crippen molar-refractivity contribution in [1.82, 2.24) is 4.90 Å². The van der Waals surface area contributed by atoms with Crippen molar-refractivity contribution in [2.75, 3.05) is 38.7 Å². The maximum absolute atomic E-state index is 12.7. The van der Waals surface area contributed by atoms with Crippen molar-refractivity contribution in [1.29, 1.82) is 0 Å². The molecular weight excluding hydrogens is 292 g/mol. The molecule has 1 atom stereocenters. The van der Waals surface area contributed by atoms with Crippen LogP contribution in [0.5, 0.6) is 5.75 Å². The van der Waals surface area contributed by atoms with Crippen LogP contribution in [0.25, 0.3) is 0 Å². The van der Waals surface area contributed by atoms with Crippen LogP contribution in [0, 0.1) is 5.92 Å². The van der Waals surface area contributed by atoms with Crippen LogP contribution in [0.15, 0.2) is 18.2 Å². The van der Waals surface area contributed by atoms with Gasteiger partial charge in [-0.15, -0.1) is 0 Å². The third-order valence-corrected chi connectivity index (χ3v) is 4.78. The fourth-order valence-electron chi connectivity index (χ4n) is 3.29. The molecule has 0 bridgehead atoms. The van der Waals surface area contributed by atoms with Crippen LogP contribution in [0.3, 0.4) is 0 Å². The fraction of sp³-hybridized carbons (Fsp3) is 0.611. The molecule has 1 amide bonds. The van der Waals surface area contributed by atoms with E-state index in [1.54, 1.807) is 7.11 Å². The molecule has 0 saturated heterocycles. The van der Waals surface area contributed by atoms with Gasteiger partial charge in [-0.25, -0.2) is 0 Å². The molecule has 1 aromatic rings. The predicted molar refractivity (Wildman–Crippen MR) is 89.9 cm³/mol. The number of likely N-dealkylation sites (N-methyl/N-ethyl adjacent to an activating group) is 1. The maximum atomic E-state index is 12.7. The van der Waals surface area contributed by atoms with Crippen molar-refractivity contribution < 1.29 is 14.6 Å². The van der Waals surface area contributed by atoms with Gasteiger partial charge < -0.3 is 14.7 Å². The minimum Gasteiger partial charge on any atom is -0.497 e. The quantitative estimate of drug-likeness (QED) is 0.867. The molecule has 0 aromatic heterocycles. The SMILES string of the molecule is COc1ccc2c(c1)CCCN2C(=O)CN(C)CC(O)C1CC1. The Morgan fingerprint density at radius 3 is 2.96 bits per heavy atom. The van der Waals surface area contributed by atoms with E-state index in [1.807, 2.05) is 35.0 Å². The molecule has 1 fully saturated rings. The van der Waals surface area contributed by atoms with Crippen molar-refractivity contribution in [3.05, 3.63) is 23.8 Å². The van der Waals surface area contributed by atoms with Gasteiger partial charge in [0, 0.05) is 18.8 Å². The monoisotopic (exact) mass is 318 g/mol. The number of aliphatic hydroxyl groups excluding tert-OH is 1. The van der Waals surface area contributed by atoms with E-state index in [0.717, 1.165) is 43.7 Å². The van der Waals surface area contributed by atoms with Crippen LogP contribution in [-0.2, 0) is 11.2 Å². The summed E-state index contributed by atoms with van der Waals surface area (Å²) in [7, 11) is 3.57. The van der Waals surface area contributed by atoms with Crippen molar-refractivity contribution >= 4 is 11.6 Å². The Hall–Kier alpha value is -1.59. The molecule has 0 radical (unpaired) electrons. The molecule has 1 aromatic carbocycles. The van der Waals surface area contributed by atoms with Gasteiger partial charge in [0.05, 0.1) is 19.8 Å². The van der Waals surface area contributed by atoms with Crippen LogP contribution >= 0.6 is 0 Å². The Morgan fingerprint density at radius 1 is 1.48 bits per heavy atom. The third kappa shape index (κ3) is 3.85. The fourth-order valence-corrected chi connectivity index (χ4v) is 3.29. The molecular formula is C18H26N2O3. The minimum atomic E-state index is -0.300. The van der Waals surface area contributed by atoms with E-state index < -0.39 is 0 Å². The van der Waals surface area contributed by atoms with Gasteiger partial charge in [-0.05, 0) is 62.4 Å². The summed E-state index contributed by atoms with van der Waals surface area (Å²) in [6.45, 7) is 1.67. The first-order chi connectivity index (χ1) is 11.1. The number of nitrogens with zero attached hydrogens (tertiary/aromatic N) is 2. The molecule has 1 N–H and O–H groups in total. The second kappa shape index (κ2) is 6.89. The van der Waals surface area contributed by atoms with Gasteiger partial charge in [-0.1, -0.05) is 0 Å². The topological polar surface area (TPSA) is 53.0 Å². The summed E-state index contributed by atoms with van der Waals surface area (Å²) in [6.07, 6.45) is 3.88. The third-order valence-electron chi connectivity index (χ3n) is 4.78. The zero-order chi connectivity index (χ0) is 16.4. The number of hydrogen-bond donors (Lipinski definition) is 1. The average Bonchev–Trinajstić information content (AvgIpc) is 3.38. The van der Waals surface area contributed by atoms with Gasteiger partial charge in [0.15, 0.2) is 0 Å². The Morgan fingerprint density at radius 2 is 2.26 bits per heavy atom. The molecule has 1 aliphatic carbocycles. The number of carbonyl (C=O) groups is 1. The van der Waals surface area contributed by atoms with Gasteiger partial charge in [0.2, 0.25) is 5.91 Å². The van der Waals surface area contributed by atoms with Crippen LogP contribution in [0.2, 0.25) is 0 Å². The lowest BCUT2D eigenvalue weighted by Crippen LogP contribution is -2.43. The number of amides is 1. The molecule has 0 spiro atoms. The Balaban J connectivity index is 1.63. The number of benzene rings is 1. The molecule has 1 heterocycles. The van der Waals surface area contributed by atoms with E-state index in [1.165, 1.54) is 5.56 Å². The van der Waals surface area contributed by atoms with Gasteiger partial charge in [0.25, 0.3) is 0 Å². The molecule has 1 saturated carbocycles. The molecule has 23 heavy (non-hydrogen) atoms. The van der Waals surface area contributed by atoms with Crippen molar-refractivity contribution in [2.24, 2.45) is 5.92 Å². The van der Waals surface area contributed by atoms with Crippen LogP contribution in [0.1, 0.15) is 24.8 Å². The standard InChI is InChI=1S/C18H26N2O3/c1-19(11-17(21)13-5-6-13)12-18(22)20-9-3-4-14-10-15(23-2)7-8-16(14)20/h7-8,10,13,17,21H,3-6,9,11-12H2,1-2H3. The summed E-state index contributed by atoms with van der Waals surface area (Å²) in [5, 5.41) is 10.0. The van der Waals surface area contributed by atoms with Crippen molar-refractivity contribution in [3.63, 3.8) is 0 Å². The number of methoxy groups -OCH3 is 1. The second-order valence-electron chi connectivity index (χ2n) is 6.75. The first-order valence-corrected chi connectivity index (χ1v) is 8.42. The largest absolute Gasteiger partial charge is 0.497 e. The number of aliphatic hydroxyl groups is 1. The molecule has 126 valence electrons. The summed E-state index contributed by atoms with van der Waals surface area (Å²) in [4.78, 5) is 16.5. The second-order valence-corrected chi connectivity index (χ2v) is 6.75. The number of anilines is 1. The number of hydrogen-bond acceptors (Lipinski definition) is 4. The first-order valence-electron chi connectivity index (χ1n) is 8.42. The zero-order valence-corrected chi connectivity index (χ0v) is 14.0. The van der Waals surface area contributed by atoms with E-state index in [2.05, 4.69) is 0 Å². The summed E-state index contributed by atoms with van der Waals surface area (Å²) in [5.41, 5.74) is 2.17. The molecule has 5 heteroatoms. The van der Waals surface area contributed by atoms with Crippen LogP contribution in [-0.4, -0.2) is 55.8 Å². The number of carbonyl (C=O) groups excluding carboxylic acids is 1. The van der Waals surface area contributed by atoms with E-state index in [0.29, 0.717) is 19.0 Å². The number of ether oxygens (including phenoxy) is 1. The summed E-state index contributed by atoms with van der Waals surface area (Å²) in [5.74, 6) is 1.38. The maximum Gasteiger partial charge on any atom is 0.241 e. The summed E-state index contributed by atoms with van der Waals surface area (Å²) in [6, 6.07) is 5.91. The number of aryl methyl sites for hydroxylation is 1. The van der Waals surface area contributed by atoms with Crippen molar-refractivity contribution in [2.45, 2.75) is 31.8 Å². The predicted octanol–water partition coefficient (Wildman–Crippen LogP) is 1.68. The van der Waals surface area contributed by atoms with E-state index in [9.17, 15) is 9.90 Å². The number of rotatable bonds is 6. The van der Waals surface area contributed by atoms with Gasteiger partial charge >= 0.3 is 0 Å². The van der Waals surface area contributed by atoms with Gasteiger partial charge in [0.1, 0.15) is 5.75 Å². The highest BCUT2D eigenvalue weighted by molar-refractivity contribution is 5.96. The lowest BCUT2D eigenvalue weighted by atomic mass is 10.0. The van der Waals surface area contributed by atoms with E-state index in [-0.39, 0.29) is 12.0 Å². The molecule has 3 rings (SSSR count). The lowest BCUT2D eigenvalue weighted by Gasteiger charge is -2.31. The molecule has 2 aliphatic rings. The molecule has 1 unspecified atom stereocenters.